The molecule has 0 N–H and O–H groups in total. The lowest BCUT2D eigenvalue weighted by Crippen LogP contribution is -2.37. The fourth-order valence-electron chi connectivity index (χ4n) is 3.04. The zero-order valence-electron chi connectivity index (χ0n) is 10.3. The molecule has 0 aliphatic carbocycles. The van der Waals surface area contributed by atoms with Crippen molar-refractivity contribution in [2.24, 2.45) is 0 Å². The Bertz CT molecular complexity index is 438. The van der Waals surface area contributed by atoms with Crippen molar-refractivity contribution in [3.05, 3.63) is 21.2 Å². The average molecular weight is 375 g/mol. The van der Waals surface area contributed by atoms with Gasteiger partial charge >= 0.3 is 0 Å². The molecule has 0 aromatic carbocycles. The topological polar surface area (TPSA) is 19.4 Å². The first-order valence-electron chi connectivity index (χ1n) is 6.54. The Hall–Kier alpha value is -0.130. The van der Waals surface area contributed by atoms with Crippen LogP contribution < -0.4 is 4.90 Å². The highest BCUT2D eigenvalue weighted by atomic mass is 79.9. The molecule has 0 amide bonds. The first kappa shape index (κ1) is 12.9. The van der Waals surface area contributed by atoms with Crippen LogP contribution >= 0.6 is 31.9 Å². The summed E-state index contributed by atoms with van der Waals surface area (Å²) >= 11 is 7.09. The number of halogens is 2. The minimum absolute atomic E-state index is 0.727. The second-order valence-electron chi connectivity index (χ2n) is 5.09. The van der Waals surface area contributed by atoms with Crippen molar-refractivity contribution < 1.29 is 0 Å². The number of aromatic nitrogens is 1. The SMILES string of the molecule is Brc1cnc(N2CCCN3CCCC3C2)c(Br)c1. The molecule has 0 bridgehead atoms. The molecule has 2 fully saturated rings. The molecule has 1 aromatic heterocycles. The van der Waals surface area contributed by atoms with Gasteiger partial charge in [-0.15, -0.1) is 0 Å². The van der Waals surface area contributed by atoms with Crippen molar-refractivity contribution in [2.75, 3.05) is 31.1 Å². The van der Waals surface area contributed by atoms with Gasteiger partial charge in [-0.3, -0.25) is 4.90 Å². The van der Waals surface area contributed by atoms with Crippen molar-refractivity contribution >= 4 is 37.7 Å². The van der Waals surface area contributed by atoms with Crippen molar-refractivity contribution in [3.63, 3.8) is 0 Å². The zero-order chi connectivity index (χ0) is 12.5. The van der Waals surface area contributed by atoms with Crippen LogP contribution in [-0.4, -0.2) is 42.1 Å². The fraction of sp³-hybridized carbons (Fsp3) is 0.615. The van der Waals surface area contributed by atoms with Gasteiger partial charge < -0.3 is 4.90 Å². The molecule has 3 nitrogen and oxygen atoms in total. The van der Waals surface area contributed by atoms with Crippen molar-refractivity contribution in [2.45, 2.75) is 25.3 Å². The molecule has 0 spiro atoms. The maximum Gasteiger partial charge on any atom is 0.142 e. The third-order valence-electron chi connectivity index (χ3n) is 3.89. The quantitative estimate of drug-likeness (QED) is 0.751. The monoisotopic (exact) mass is 373 g/mol. The molecule has 1 unspecified atom stereocenters. The van der Waals surface area contributed by atoms with Gasteiger partial charge in [-0.25, -0.2) is 4.98 Å². The summed E-state index contributed by atoms with van der Waals surface area (Å²) in [5.41, 5.74) is 0. The van der Waals surface area contributed by atoms with Crippen LogP contribution in [0.15, 0.2) is 21.2 Å². The predicted molar refractivity (Wildman–Crippen MR) is 81.1 cm³/mol. The Morgan fingerprint density at radius 2 is 2.00 bits per heavy atom. The van der Waals surface area contributed by atoms with Crippen molar-refractivity contribution in [1.82, 2.24) is 9.88 Å². The van der Waals surface area contributed by atoms with Crippen LogP contribution in [0.2, 0.25) is 0 Å². The molecule has 3 rings (SSSR count). The number of nitrogens with zero attached hydrogens (tertiary/aromatic N) is 3. The normalized spacial score (nSPS) is 25.0. The third-order valence-corrected chi connectivity index (χ3v) is 4.91. The maximum absolute atomic E-state index is 4.57. The van der Waals surface area contributed by atoms with Gasteiger partial charge in [0.1, 0.15) is 5.82 Å². The van der Waals surface area contributed by atoms with Gasteiger partial charge in [0.15, 0.2) is 0 Å². The lowest BCUT2D eigenvalue weighted by atomic mass is 10.2. The molecule has 1 aromatic rings. The molecule has 2 saturated heterocycles. The van der Waals surface area contributed by atoms with E-state index in [4.69, 9.17) is 0 Å². The first-order valence-corrected chi connectivity index (χ1v) is 8.13. The van der Waals surface area contributed by atoms with Crippen LogP contribution in [0.25, 0.3) is 0 Å². The molecule has 18 heavy (non-hydrogen) atoms. The molecule has 1 atom stereocenters. The molecule has 2 aliphatic rings. The van der Waals surface area contributed by atoms with Gasteiger partial charge in [0.2, 0.25) is 0 Å². The van der Waals surface area contributed by atoms with Gasteiger partial charge in [0.25, 0.3) is 0 Å². The molecule has 3 heterocycles. The lowest BCUT2D eigenvalue weighted by Gasteiger charge is -2.27. The van der Waals surface area contributed by atoms with E-state index in [0.29, 0.717) is 0 Å². The van der Waals surface area contributed by atoms with Gasteiger partial charge in [-0.05, 0) is 63.7 Å². The molecule has 0 radical (unpaired) electrons. The van der Waals surface area contributed by atoms with Crippen LogP contribution in [0.4, 0.5) is 5.82 Å². The summed E-state index contributed by atoms with van der Waals surface area (Å²) in [6.07, 6.45) is 5.82. The number of pyridine rings is 1. The summed E-state index contributed by atoms with van der Waals surface area (Å²) in [5.74, 6) is 1.09. The van der Waals surface area contributed by atoms with Crippen LogP contribution in [0.1, 0.15) is 19.3 Å². The molecule has 0 saturated carbocycles. The summed E-state index contributed by atoms with van der Waals surface area (Å²) in [6, 6.07) is 2.81. The Balaban J connectivity index is 1.82. The molecule has 5 heteroatoms. The molecule has 98 valence electrons. The second kappa shape index (κ2) is 5.47. The number of rotatable bonds is 1. The highest BCUT2D eigenvalue weighted by Crippen LogP contribution is 2.30. The van der Waals surface area contributed by atoms with Crippen LogP contribution in [0.3, 0.4) is 0 Å². The predicted octanol–water partition coefficient (Wildman–Crippen LogP) is 3.28. The summed E-state index contributed by atoms with van der Waals surface area (Å²) in [4.78, 5) is 9.65. The van der Waals surface area contributed by atoms with E-state index in [-0.39, 0.29) is 0 Å². The molecular formula is C13H17Br2N3. The Morgan fingerprint density at radius 3 is 2.83 bits per heavy atom. The van der Waals surface area contributed by atoms with Gasteiger partial charge in [-0.1, -0.05) is 0 Å². The van der Waals surface area contributed by atoms with E-state index in [9.17, 15) is 0 Å². The number of hydrogen-bond acceptors (Lipinski definition) is 3. The van der Waals surface area contributed by atoms with Crippen LogP contribution in [-0.2, 0) is 0 Å². The van der Waals surface area contributed by atoms with E-state index in [1.165, 1.54) is 32.4 Å². The maximum atomic E-state index is 4.57. The van der Waals surface area contributed by atoms with Gasteiger partial charge in [0.05, 0.1) is 4.47 Å². The largest absolute Gasteiger partial charge is 0.354 e. The molecule has 2 aliphatic heterocycles. The van der Waals surface area contributed by atoms with E-state index in [2.05, 4.69) is 52.7 Å². The number of hydrogen-bond donors (Lipinski definition) is 0. The summed E-state index contributed by atoms with van der Waals surface area (Å²) in [5, 5.41) is 0. The van der Waals surface area contributed by atoms with E-state index < -0.39 is 0 Å². The number of fused-ring (bicyclic) bond motifs is 1. The second-order valence-corrected chi connectivity index (χ2v) is 6.86. The Kier molecular flexibility index (Phi) is 3.91. The number of anilines is 1. The average Bonchev–Trinajstić information content (AvgIpc) is 2.67. The first-order chi connectivity index (χ1) is 8.74. The molecular weight excluding hydrogens is 358 g/mol. The third kappa shape index (κ3) is 2.58. The standard InChI is InChI=1S/C13H17Br2N3/c14-10-7-12(15)13(16-8-10)18-6-2-5-17-4-1-3-11(17)9-18/h7-8,11H,1-6,9H2. The minimum Gasteiger partial charge on any atom is -0.354 e. The fourth-order valence-corrected chi connectivity index (χ4v) is 4.28. The highest BCUT2D eigenvalue weighted by Gasteiger charge is 2.29. The summed E-state index contributed by atoms with van der Waals surface area (Å²) < 4.78 is 2.11. The highest BCUT2D eigenvalue weighted by molar-refractivity contribution is 9.11. The van der Waals surface area contributed by atoms with Crippen LogP contribution in [0, 0.1) is 0 Å². The van der Waals surface area contributed by atoms with Crippen molar-refractivity contribution in [1.29, 1.82) is 0 Å². The van der Waals surface area contributed by atoms with E-state index in [1.54, 1.807) is 0 Å². The van der Waals surface area contributed by atoms with E-state index >= 15 is 0 Å². The van der Waals surface area contributed by atoms with Crippen LogP contribution in [0.5, 0.6) is 0 Å². The van der Waals surface area contributed by atoms with Crippen molar-refractivity contribution in [3.8, 4) is 0 Å². The smallest absolute Gasteiger partial charge is 0.142 e. The summed E-state index contributed by atoms with van der Waals surface area (Å²) in [7, 11) is 0. The lowest BCUT2D eigenvalue weighted by molar-refractivity contribution is 0.273. The zero-order valence-corrected chi connectivity index (χ0v) is 13.5. The Morgan fingerprint density at radius 1 is 1.17 bits per heavy atom. The minimum atomic E-state index is 0.727. The van der Waals surface area contributed by atoms with Gasteiger partial charge in [0, 0.05) is 36.3 Å². The van der Waals surface area contributed by atoms with E-state index in [1.807, 2.05) is 6.20 Å². The summed E-state index contributed by atoms with van der Waals surface area (Å²) in [6.45, 7) is 4.76. The van der Waals surface area contributed by atoms with Gasteiger partial charge in [-0.2, -0.15) is 0 Å². The Labute approximate surface area is 125 Å². The van der Waals surface area contributed by atoms with E-state index in [0.717, 1.165) is 33.9 Å².